The molecule has 4 rings (SSSR count). The molecule has 5 N–H and O–H groups in total. The minimum atomic E-state index is -1.45. The van der Waals surface area contributed by atoms with E-state index in [1.165, 1.54) is 12.4 Å². The number of thiazole rings is 1. The van der Waals surface area contributed by atoms with E-state index < -0.39 is 36.2 Å². The second-order valence-corrected chi connectivity index (χ2v) is 8.61. The summed E-state index contributed by atoms with van der Waals surface area (Å²) in [4.78, 5) is 50.9. The molecular weight excluding hydrogens is 512 g/mol. The third-order valence-corrected chi connectivity index (χ3v) is 6.05. The summed E-state index contributed by atoms with van der Waals surface area (Å²) in [6, 6.07) is 4.94. The molecule has 0 saturated heterocycles. The van der Waals surface area contributed by atoms with Crippen LogP contribution >= 0.6 is 11.3 Å². The molecule has 192 valence electrons. The Labute approximate surface area is 232 Å². The number of carbonyl (C=O) groups excluding carboxylic acids is 1. The van der Waals surface area contributed by atoms with E-state index >= 15 is 4.39 Å². The minimum absolute atomic E-state index is 0. The molecule has 15 heteroatoms. The van der Waals surface area contributed by atoms with E-state index in [2.05, 4.69) is 35.9 Å². The quantitative estimate of drug-likeness (QED) is 0.191. The third kappa shape index (κ3) is 6.41. The van der Waals surface area contributed by atoms with Gasteiger partial charge < -0.3 is 22.3 Å². The average molecular weight is 533 g/mol. The van der Waals surface area contributed by atoms with E-state index in [0.29, 0.717) is 22.5 Å². The van der Waals surface area contributed by atoms with Crippen molar-refractivity contribution < 1.29 is 49.3 Å². The first-order chi connectivity index (χ1) is 17.8. The molecule has 4 aromatic rings. The van der Waals surface area contributed by atoms with Crippen molar-refractivity contribution in [2.45, 2.75) is 19.4 Å². The van der Waals surface area contributed by atoms with Crippen molar-refractivity contribution in [2.24, 2.45) is 0 Å². The molecule has 0 spiro atoms. The Bertz CT molecular complexity index is 1480. The van der Waals surface area contributed by atoms with Gasteiger partial charge in [0, 0.05) is 41.8 Å². The molecule has 0 unspecified atom stereocenters. The fourth-order valence-electron chi connectivity index (χ4n) is 3.40. The van der Waals surface area contributed by atoms with Crippen molar-refractivity contribution in [1.29, 1.82) is 0 Å². The number of rotatable bonds is 9. The monoisotopic (exact) mass is 533 g/mol. The van der Waals surface area contributed by atoms with Crippen LogP contribution in [-0.4, -0.2) is 60.7 Å². The van der Waals surface area contributed by atoms with E-state index in [1.54, 1.807) is 37.4 Å². The zero-order valence-electron chi connectivity index (χ0n) is 21.2. The number of hydrogen-bond acceptors (Lipinski definition) is 9. The zero-order valence-corrected chi connectivity index (χ0v) is 21.0. The van der Waals surface area contributed by atoms with Gasteiger partial charge in [-0.1, -0.05) is 17.4 Å². The van der Waals surface area contributed by atoms with Gasteiger partial charge >= 0.3 is 36.8 Å². The maximum atomic E-state index is 15.7. The van der Waals surface area contributed by atoms with Crippen molar-refractivity contribution in [3.05, 3.63) is 48.7 Å². The van der Waals surface area contributed by atoms with E-state index in [1.807, 2.05) is 0 Å². The number of fused-ring (bicyclic) bond motifs is 1. The molecule has 0 saturated carbocycles. The number of pyridine rings is 1. The number of carboxylic acids is 2. The fourth-order valence-corrected chi connectivity index (χ4v) is 4.38. The van der Waals surface area contributed by atoms with Gasteiger partial charge in [0.05, 0.1) is 16.8 Å². The van der Waals surface area contributed by atoms with Crippen LogP contribution in [0.3, 0.4) is 0 Å². The Balaban J connectivity index is 0.00000267. The van der Waals surface area contributed by atoms with Gasteiger partial charge in [0.2, 0.25) is 5.95 Å². The second-order valence-electron chi connectivity index (χ2n) is 7.61. The van der Waals surface area contributed by atoms with Crippen LogP contribution in [0.5, 0.6) is 0 Å². The molecule has 0 bridgehead atoms. The number of nitrogens with one attached hydrogen (secondary N) is 3. The summed E-state index contributed by atoms with van der Waals surface area (Å²) in [5, 5.41) is 25.9. The van der Waals surface area contributed by atoms with Crippen LogP contribution in [-0.2, 0) is 9.59 Å². The number of nitrogens with zero attached hydrogens (tertiary/aromatic N) is 4. The first-order valence-electron chi connectivity index (χ1n) is 10.9. The Morgan fingerprint density at radius 1 is 1.13 bits per heavy atom. The summed E-state index contributed by atoms with van der Waals surface area (Å²) in [6.45, 7) is 2.17. The number of hydrogen-bond donors (Lipinski definition) is 5. The number of aromatic nitrogens is 4. The number of halogens is 1. The van der Waals surface area contributed by atoms with Gasteiger partial charge in [-0.15, -0.1) is 0 Å². The normalized spacial score (nSPS) is 11.3. The Morgan fingerprint density at radius 3 is 2.47 bits per heavy atom. The summed E-state index contributed by atoms with van der Waals surface area (Å²) in [7, 11) is 0. The number of anilines is 2. The Morgan fingerprint density at radius 2 is 1.87 bits per heavy atom. The summed E-state index contributed by atoms with van der Waals surface area (Å²) < 4.78 is 16.2. The molecule has 0 aliphatic carbocycles. The predicted molar refractivity (Wildman–Crippen MR) is 135 cm³/mol. The zero-order chi connectivity index (χ0) is 26.5. The molecule has 12 nitrogen and oxygen atoms in total. The predicted octanol–water partition coefficient (Wildman–Crippen LogP) is 0.552. The topological polar surface area (TPSA) is 179 Å². The molecule has 38 heavy (non-hydrogen) atoms. The van der Waals surface area contributed by atoms with Crippen LogP contribution < -0.4 is 34.8 Å². The number of carboxylic acid groups (broad SMARTS) is 2. The summed E-state index contributed by atoms with van der Waals surface area (Å²) in [6.07, 6.45) is 3.47. The summed E-state index contributed by atoms with van der Waals surface area (Å²) in [5.41, 5.74) is 1.51. The minimum Gasteiger partial charge on any atom is -1.00 e. The number of benzene rings is 1. The average Bonchev–Trinajstić information content (AvgIpc) is 3.29. The Hall–Kier alpha value is -4.12. The molecule has 1 atom stereocenters. The Kier molecular flexibility index (Phi) is 9.29. The van der Waals surface area contributed by atoms with Gasteiger partial charge in [-0.3, -0.25) is 15.1 Å². The SMILES string of the molecule is CCNC(=O)Nc1nc2c(F)c(-c3cnc(N[C@@H](CC(=O)O)C(=O)O)nc3)cc(-c3ccccn3)c2s1.[H-].[Li+]. The van der Waals surface area contributed by atoms with Crippen LogP contribution in [0.4, 0.5) is 20.3 Å². The van der Waals surface area contributed by atoms with Gasteiger partial charge in [-0.2, -0.15) is 0 Å². The smallest absolute Gasteiger partial charge is 1.00 e. The van der Waals surface area contributed by atoms with Crippen molar-refractivity contribution in [1.82, 2.24) is 25.3 Å². The first-order valence-corrected chi connectivity index (χ1v) is 11.7. The first kappa shape index (κ1) is 28.4. The van der Waals surface area contributed by atoms with Gasteiger partial charge in [0.1, 0.15) is 11.6 Å². The van der Waals surface area contributed by atoms with E-state index in [4.69, 9.17) is 5.11 Å². The van der Waals surface area contributed by atoms with E-state index in [-0.39, 0.29) is 48.0 Å². The van der Waals surface area contributed by atoms with Gasteiger partial charge in [0.25, 0.3) is 0 Å². The van der Waals surface area contributed by atoms with E-state index in [0.717, 1.165) is 11.3 Å². The molecule has 1 aromatic carbocycles. The van der Waals surface area contributed by atoms with Crippen LogP contribution in [0.2, 0.25) is 0 Å². The van der Waals surface area contributed by atoms with Crippen molar-refractivity contribution in [3.63, 3.8) is 0 Å². The molecule has 0 radical (unpaired) electrons. The molecular formula is C23H21FLiN7O5S. The van der Waals surface area contributed by atoms with Crippen molar-refractivity contribution in [2.75, 3.05) is 17.2 Å². The summed E-state index contributed by atoms with van der Waals surface area (Å²) >= 11 is 1.10. The second kappa shape index (κ2) is 12.4. The number of urea groups is 1. The number of aliphatic carboxylic acids is 2. The molecule has 3 aromatic heterocycles. The maximum Gasteiger partial charge on any atom is 1.00 e. The van der Waals surface area contributed by atoms with Gasteiger partial charge in [-0.05, 0) is 25.1 Å². The standard InChI is InChI=1S/C23H20FN7O5S.Li.H/c1-2-25-22(36)31-23-30-18-17(24)12(7-13(19(18)37-23)14-5-3-4-6-26-14)11-9-27-21(28-10-11)29-15(20(34)35)8-16(32)33;;/h3-7,9-10,15H,2,8H2,1H3,(H,32,33)(H,34,35)(H,27,28,29)(H2,25,30,31,36);;/q;+1;-1/t15-;;/m0../s1. The number of amides is 2. The fraction of sp³-hybridized carbons (Fsp3) is 0.174. The largest absolute Gasteiger partial charge is 1.00 e. The molecule has 3 heterocycles. The summed E-state index contributed by atoms with van der Waals surface area (Å²) in [5.74, 6) is -3.50. The number of carbonyl (C=O) groups is 3. The van der Waals surface area contributed by atoms with Crippen molar-refractivity contribution in [3.8, 4) is 22.4 Å². The van der Waals surface area contributed by atoms with Crippen molar-refractivity contribution >= 4 is 50.6 Å². The molecule has 0 aliphatic rings. The molecule has 2 amide bonds. The van der Waals surface area contributed by atoms with Crippen LogP contribution in [0, 0.1) is 5.82 Å². The maximum absolute atomic E-state index is 15.7. The van der Waals surface area contributed by atoms with Gasteiger partial charge in [0.15, 0.2) is 10.9 Å². The van der Waals surface area contributed by atoms with Crippen LogP contribution in [0.25, 0.3) is 32.6 Å². The van der Waals surface area contributed by atoms with Crippen LogP contribution in [0.15, 0.2) is 42.9 Å². The van der Waals surface area contributed by atoms with Crippen LogP contribution in [0.1, 0.15) is 14.8 Å². The van der Waals surface area contributed by atoms with E-state index in [9.17, 15) is 19.5 Å². The van der Waals surface area contributed by atoms with Gasteiger partial charge in [-0.25, -0.2) is 28.9 Å². The third-order valence-electron chi connectivity index (χ3n) is 5.05. The molecule has 0 aliphatic heterocycles. The molecule has 0 fully saturated rings.